The Hall–Kier alpha value is -4.11. The third kappa shape index (κ3) is 4.65. The molecular formula is C25H26N8O. The molecule has 34 heavy (non-hydrogen) atoms. The first-order valence-corrected chi connectivity index (χ1v) is 11.2. The van der Waals surface area contributed by atoms with Crippen molar-refractivity contribution >= 4 is 34.1 Å². The maximum Gasteiger partial charge on any atom is 0.257 e. The van der Waals surface area contributed by atoms with Crippen molar-refractivity contribution in [1.82, 2.24) is 24.8 Å². The molecule has 0 bridgehead atoms. The summed E-state index contributed by atoms with van der Waals surface area (Å²) in [5, 5.41) is 7.75. The van der Waals surface area contributed by atoms with E-state index >= 15 is 0 Å². The maximum absolute atomic E-state index is 13.0. The number of aromatic nitrogens is 4. The standard InChI is InChI=1S/C25H26N8O/c1-26-22-4-3-18(14-29-22)21-11-19-12-23(30-16-20(19)15-28-21)31-25(34)17-5-6-27-24(13-17)33-9-7-32(2)8-10-33/h3-6,11-16H,7-10H2,1-2H3,(H,26,29)(H,30,31,34). The van der Waals surface area contributed by atoms with Crippen LogP contribution in [0.25, 0.3) is 22.0 Å². The number of pyridine rings is 4. The molecule has 9 nitrogen and oxygen atoms in total. The van der Waals surface area contributed by atoms with Crippen molar-refractivity contribution in [2.24, 2.45) is 0 Å². The molecule has 0 saturated carbocycles. The minimum absolute atomic E-state index is 0.217. The number of likely N-dealkylation sites (N-methyl/N-ethyl adjacent to an activating group) is 1. The summed E-state index contributed by atoms with van der Waals surface area (Å²) in [4.78, 5) is 35.2. The van der Waals surface area contributed by atoms with Gasteiger partial charge in [-0.05, 0) is 48.8 Å². The molecule has 0 unspecified atom stereocenters. The molecule has 1 aliphatic rings. The van der Waals surface area contributed by atoms with Gasteiger partial charge in [0.05, 0.1) is 5.69 Å². The van der Waals surface area contributed by atoms with E-state index in [2.05, 4.69) is 47.4 Å². The van der Waals surface area contributed by atoms with Crippen molar-refractivity contribution in [1.29, 1.82) is 0 Å². The molecule has 0 radical (unpaired) electrons. The fraction of sp³-hybridized carbons (Fsp3) is 0.240. The van der Waals surface area contributed by atoms with Gasteiger partial charge in [0.15, 0.2) is 0 Å². The second kappa shape index (κ2) is 9.40. The number of nitrogens with one attached hydrogen (secondary N) is 2. The van der Waals surface area contributed by atoms with E-state index in [1.54, 1.807) is 30.9 Å². The first-order valence-electron chi connectivity index (χ1n) is 11.2. The Kier molecular flexibility index (Phi) is 6.01. The number of hydrogen-bond donors (Lipinski definition) is 2. The lowest BCUT2D eigenvalue weighted by molar-refractivity contribution is 0.102. The zero-order chi connectivity index (χ0) is 23.5. The van der Waals surface area contributed by atoms with Gasteiger partial charge in [0.25, 0.3) is 5.91 Å². The Labute approximate surface area is 197 Å². The molecule has 4 aromatic heterocycles. The van der Waals surface area contributed by atoms with Gasteiger partial charge in [-0.25, -0.2) is 15.0 Å². The maximum atomic E-state index is 13.0. The van der Waals surface area contributed by atoms with Gasteiger partial charge in [0.1, 0.15) is 17.5 Å². The van der Waals surface area contributed by atoms with Gasteiger partial charge in [-0.15, -0.1) is 0 Å². The third-order valence-corrected chi connectivity index (χ3v) is 6.00. The van der Waals surface area contributed by atoms with Gasteiger partial charge in [0, 0.05) is 74.5 Å². The normalized spacial score (nSPS) is 14.2. The van der Waals surface area contributed by atoms with E-state index in [-0.39, 0.29) is 5.91 Å². The lowest BCUT2D eigenvalue weighted by atomic mass is 10.1. The van der Waals surface area contributed by atoms with Crippen LogP contribution in [0.5, 0.6) is 0 Å². The van der Waals surface area contributed by atoms with Gasteiger partial charge in [0.2, 0.25) is 0 Å². The second-order valence-corrected chi connectivity index (χ2v) is 8.32. The molecule has 5 heterocycles. The molecular weight excluding hydrogens is 428 g/mol. The smallest absolute Gasteiger partial charge is 0.257 e. The topological polar surface area (TPSA) is 99.2 Å². The van der Waals surface area contributed by atoms with Crippen LogP contribution in [0.2, 0.25) is 0 Å². The SMILES string of the molecule is CNc1ccc(-c2cc3cc(NC(=O)c4ccnc(N5CCN(C)CC5)c4)ncc3cn2)cn1. The van der Waals surface area contributed by atoms with Crippen LogP contribution in [0, 0.1) is 0 Å². The summed E-state index contributed by atoms with van der Waals surface area (Å²) < 4.78 is 0. The molecule has 1 saturated heterocycles. The number of piperazine rings is 1. The summed E-state index contributed by atoms with van der Waals surface area (Å²) in [5.41, 5.74) is 2.27. The van der Waals surface area contributed by atoms with Crippen molar-refractivity contribution in [3.63, 3.8) is 0 Å². The number of anilines is 3. The van der Waals surface area contributed by atoms with E-state index < -0.39 is 0 Å². The molecule has 172 valence electrons. The second-order valence-electron chi connectivity index (χ2n) is 8.32. The highest BCUT2D eigenvalue weighted by atomic mass is 16.1. The van der Waals surface area contributed by atoms with Crippen molar-refractivity contribution in [3.05, 3.63) is 66.7 Å². The molecule has 1 fully saturated rings. The van der Waals surface area contributed by atoms with Crippen LogP contribution in [-0.4, -0.2) is 71.0 Å². The predicted octanol–water partition coefficient (Wildman–Crippen LogP) is 3.13. The van der Waals surface area contributed by atoms with E-state index in [1.165, 1.54) is 0 Å². The summed E-state index contributed by atoms with van der Waals surface area (Å²) in [6.45, 7) is 3.74. The molecule has 0 spiro atoms. The average molecular weight is 455 g/mol. The average Bonchev–Trinajstić information content (AvgIpc) is 2.89. The minimum atomic E-state index is -0.217. The third-order valence-electron chi connectivity index (χ3n) is 6.00. The zero-order valence-corrected chi connectivity index (χ0v) is 19.2. The fourth-order valence-corrected chi connectivity index (χ4v) is 3.91. The zero-order valence-electron chi connectivity index (χ0n) is 19.2. The van der Waals surface area contributed by atoms with E-state index in [9.17, 15) is 4.79 Å². The van der Waals surface area contributed by atoms with Gasteiger partial charge in [-0.1, -0.05) is 0 Å². The lowest BCUT2D eigenvalue weighted by Gasteiger charge is -2.33. The number of fused-ring (bicyclic) bond motifs is 1. The van der Waals surface area contributed by atoms with Gasteiger partial charge in [-0.2, -0.15) is 0 Å². The predicted molar refractivity (Wildman–Crippen MR) is 134 cm³/mol. The van der Waals surface area contributed by atoms with E-state index in [4.69, 9.17) is 0 Å². The molecule has 0 aromatic carbocycles. The largest absolute Gasteiger partial charge is 0.373 e. The number of rotatable bonds is 5. The summed E-state index contributed by atoms with van der Waals surface area (Å²) in [7, 11) is 3.94. The van der Waals surface area contributed by atoms with Gasteiger partial charge in [-0.3, -0.25) is 9.78 Å². The van der Waals surface area contributed by atoms with Crippen molar-refractivity contribution < 1.29 is 4.79 Å². The number of amides is 1. The monoisotopic (exact) mass is 454 g/mol. The molecule has 2 N–H and O–H groups in total. The van der Waals surface area contributed by atoms with Crippen LogP contribution in [0.4, 0.5) is 17.5 Å². The van der Waals surface area contributed by atoms with Crippen molar-refractivity contribution in [2.45, 2.75) is 0 Å². The van der Waals surface area contributed by atoms with Crippen LogP contribution in [0.3, 0.4) is 0 Å². The fourth-order valence-electron chi connectivity index (χ4n) is 3.91. The molecule has 0 atom stereocenters. The summed E-state index contributed by atoms with van der Waals surface area (Å²) in [5.74, 6) is 1.88. The van der Waals surface area contributed by atoms with Crippen molar-refractivity contribution in [2.75, 3.05) is 55.8 Å². The first kappa shape index (κ1) is 21.7. The molecule has 0 aliphatic carbocycles. The Morgan fingerprint density at radius 3 is 2.41 bits per heavy atom. The van der Waals surface area contributed by atoms with Crippen LogP contribution >= 0.6 is 0 Å². The number of nitrogens with zero attached hydrogens (tertiary/aromatic N) is 6. The molecule has 4 aromatic rings. The summed E-state index contributed by atoms with van der Waals surface area (Å²) >= 11 is 0. The van der Waals surface area contributed by atoms with Crippen LogP contribution in [0.1, 0.15) is 10.4 Å². The molecule has 9 heteroatoms. The highest BCUT2D eigenvalue weighted by Crippen LogP contribution is 2.24. The lowest BCUT2D eigenvalue weighted by Crippen LogP contribution is -2.44. The quantitative estimate of drug-likeness (QED) is 0.475. The first-order chi connectivity index (χ1) is 16.6. The van der Waals surface area contributed by atoms with Crippen LogP contribution in [0.15, 0.2) is 61.2 Å². The Bertz CT molecular complexity index is 1320. The number of carbonyl (C=O) groups excluding carboxylic acids is 1. The summed E-state index contributed by atoms with van der Waals surface area (Å²) in [6, 6.07) is 11.3. The molecule has 5 rings (SSSR count). The van der Waals surface area contributed by atoms with Crippen LogP contribution in [-0.2, 0) is 0 Å². The van der Waals surface area contributed by atoms with Crippen molar-refractivity contribution in [3.8, 4) is 11.3 Å². The van der Waals surface area contributed by atoms with Crippen LogP contribution < -0.4 is 15.5 Å². The minimum Gasteiger partial charge on any atom is -0.373 e. The Balaban J connectivity index is 1.35. The summed E-state index contributed by atoms with van der Waals surface area (Å²) in [6.07, 6.45) is 6.96. The number of hydrogen-bond acceptors (Lipinski definition) is 8. The molecule has 1 amide bonds. The van der Waals surface area contributed by atoms with Gasteiger partial charge < -0.3 is 20.4 Å². The van der Waals surface area contributed by atoms with E-state index in [0.717, 1.165) is 59.8 Å². The highest BCUT2D eigenvalue weighted by Gasteiger charge is 2.17. The van der Waals surface area contributed by atoms with E-state index in [0.29, 0.717) is 11.4 Å². The Morgan fingerprint density at radius 1 is 0.853 bits per heavy atom. The highest BCUT2D eigenvalue weighted by molar-refractivity contribution is 6.05. The number of carbonyl (C=O) groups is 1. The van der Waals surface area contributed by atoms with E-state index in [1.807, 2.05) is 37.4 Å². The molecule has 1 aliphatic heterocycles. The Morgan fingerprint density at radius 2 is 1.65 bits per heavy atom. The van der Waals surface area contributed by atoms with Gasteiger partial charge >= 0.3 is 0 Å².